The molecule has 162 valence electrons. The third-order valence-electron chi connectivity index (χ3n) is 7.39. The fraction of sp³-hybridized carbons (Fsp3) is 0.667. The van der Waals surface area contributed by atoms with Crippen LogP contribution in [0.1, 0.15) is 57.8 Å². The highest BCUT2D eigenvalue weighted by Crippen LogP contribution is 2.40. The van der Waals surface area contributed by atoms with Gasteiger partial charge in [-0.25, -0.2) is 4.79 Å². The summed E-state index contributed by atoms with van der Waals surface area (Å²) in [5, 5.41) is 3.19. The molecule has 0 radical (unpaired) electrons. The third-order valence-corrected chi connectivity index (χ3v) is 7.39. The van der Waals surface area contributed by atoms with Gasteiger partial charge in [0, 0.05) is 25.7 Å². The predicted octanol–water partition coefficient (Wildman–Crippen LogP) is 4.20. The molecule has 1 aromatic rings. The summed E-state index contributed by atoms with van der Waals surface area (Å²) in [6.07, 6.45) is 10.7. The quantitative estimate of drug-likeness (QED) is 0.791. The van der Waals surface area contributed by atoms with Crippen LogP contribution in [0.5, 0.6) is 5.75 Å². The molecule has 4 aliphatic rings. The summed E-state index contributed by atoms with van der Waals surface area (Å²) in [5.41, 5.74) is 0.539. The van der Waals surface area contributed by atoms with Gasteiger partial charge in [0.15, 0.2) is 0 Å². The maximum atomic E-state index is 13.2. The van der Waals surface area contributed by atoms with Crippen LogP contribution in [-0.4, -0.2) is 55.1 Å². The van der Waals surface area contributed by atoms with Crippen molar-refractivity contribution in [2.24, 2.45) is 10.9 Å². The fourth-order valence-electron chi connectivity index (χ4n) is 5.46. The SMILES string of the molecule is COc1cccc(N2C(=O)NC(=NC3CCCCC3)C23CCN(CC2CC2)CC3)c1. The van der Waals surface area contributed by atoms with Crippen LogP contribution in [0.3, 0.4) is 0 Å². The number of likely N-dealkylation sites (tertiary alicyclic amines) is 1. The van der Waals surface area contributed by atoms with Crippen LogP contribution in [0.25, 0.3) is 0 Å². The van der Waals surface area contributed by atoms with Crippen molar-refractivity contribution < 1.29 is 9.53 Å². The van der Waals surface area contributed by atoms with Crippen molar-refractivity contribution in [3.63, 3.8) is 0 Å². The number of hydrogen-bond donors (Lipinski definition) is 1. The van der Waals surface area contributed by atoms with Gasteiger partial charge in [-0.2, -0.15) is 0 Å². The Morgan fingerprint density at radius 1 is 1.13 bits per heavy atom. The Balaban J connectivity index is 1.46. The normalized spacial score (nSPS) is 26.4. The van der Waals surface area contributed by atoms with Gasteiger partial charge < -0.3 is 9.64 Å². The lowest BCUT2D eigenvalue weighted by Crippen LogP contribution is -2.57. The largest absolute Gasteiger partial charge is 0.497 e. The molecule has 0 bridgehead atoms. The number of carbonyl (C=O) groups excluding carboxylic acids is 1. The molecule has 0 unspecified atom stereocenters. The number of anilines is 1. The number of amides is 2. The molecule has 1 aromatic carbocycles. The van der Waals surface area contributed by atoms with Crippen LogP contribution in [0.4, 0.5) is 10.5 Å². The zero-order valence-corrected chi connectivity index (χ0v) is 18.1. The summed E-state index contributed by atoms with van der Waals surface area (Å²) in [5.74, 6) is 2.58. The first-order valence-corrected chi connectivity index (χ1v) is 11.7. The highest BCUT2D eigenvalue weighted by Gasteiger charge is 2.53. The Labute approximate surface area is 179 Å². The van der Waals surface area contributed by atoms with Gasteiger partial charge in [0.2, 0.25) is 0 Å². The van der Waals surface area contributed by atoms with E-state index in [1.807, 2.05) is 29.2 Å². The molecule has 0 atom stereocenters. The van der Waals surface area contributed by atoms with E-state index in [1.165, 1.54) is 38.6 Å². The molecule has 5 rings (SSSR count). The molecular formula is C24H34N4O2. The fourth-order valence-corrected chi connectivity index (χ4v) is 5.46. The minimum absolute atomic E-state index is 0.0477. The zero-order valence-electron chi connectivity index (χ0n) is 18.1. The molecule has 6 nitrogen and oxygen atoms in total. The van der Waals surface area contributed by atoms with E-state index in [9.17, 15) is 4.79 Å². The molecule has 2 amide bonds. The first kappa shape index (κ1) is 19.9. The second kappa shape index (κ2) is 8.22. The maximum Gasteiger partial charge on any atom is 0.328 e. The highest BCUT2D eigenvalue weighted by molar-refractivity contribution is 6.19. The van der Waals surface area contributed by atoms with Crippen molar-refractivity contribution in [3.8, 4) is 5.75 Å². The van der Waals surface area contributed by atoms with Gasteiger partial charge in [-0.05, 0) is 56.6 Å². The molecule has 2 heterocycles. The molecule has 30 heavy (non-hydrogen) atoms. The maximum absolute atomic E-state index is 13.2. The molecule has 2 aliphatic carbocycles. The minimum Gasteiger partial charge on any atom is -0.497 e. The summed E-state index contributed by atoms with van der Waals surface area (Å²) in [6.45, 7) is 3.26. The minimum atomic E-state index is -0.360. The number of amidine groups is 1. The molecule has 4 fully saturated rings. The molecule has 1 spiro atoms. The van der Waals surface area contributed by atoms with E-state index in [0.29, 0.717) is 6.04 Å². The van der Waals surface area contributed by atoms with Crippen LogP contribution < -0.4 is 15.0 Å². The monoisotopic (exact) mass is 410 g/mol. The lowest BCUT2D eigenvalue weighted by Gasteiger charge is -2.44. The summed E-state index contributed by atoms with van der Waals surface area (Å²) in [7, 11) is 1.67. The Morgan fingerprint density at radius 3 is 2.60 bits per heavy atom. The van der Waals surface area contributed by atoms with Gasteiger partial charge in [0.25, 0.3) is 0 Å². The zero-order chi connectivity index (χ0) is 20.6. The number of hydrogen-bond acceptors (Lipinski definition) is 4. The molecule has 2 aliphatic heterocycles. The van der Waals surface area contributed by atoms with Crippen LogP contribution in [0.15, 0.2) is 29.3 Å². The van der Waals surface area contributed by atoms with E-state index >= 15 is 0 Å². The number of methoxy groups -OCH3 is 1. The summed E-state index contributed by atoms with van der Waals surface area (Å²) in [4.78, 5) is 23.0. The van der Waals surface area contributed by atoms with E-state index in [4.69, 9.17) is 9.73 Å². The number of rotatable bonds is 5. The number of benzene rings is 1. The van der Waals surface area contributed by atoms with Gasteiger partial charge >= 0.3 is 6.03 Å². The van der Waals surface area contributed by atoms with E-state index in [2.05, 4.69) is 10.2 Å². The van der Waals surface area contributed by atoms with E-state index in [0.717, 1.165) is 62.0 Å². The molecular weight excluding hydrogens is 376 g/mol. The van der Waals surface area contributed by atoms with Crippen LogP contribution >= 0.6 is 0 Å². The second-order valence-electron chi connectivity index (χ2n) is 9.51. The van der Waals surface area contributed by atoms with Gasteiger partial charge in [-0.3, -0.25) is 15.2 Å². The number of piperidine rings is 1. The number of ether oxygens (including phenoxy) is 1. The Morgan fingerprint density at radius 2 is 1.90 bits per heavy atom. The number of carbonyl (C=O) groups is 1. The van der Waals surface area contributed by atoms with Crippen molar-refractivity contribution in [2.75, 3.05) is 31.6 Å². The summed E-state index contributed by atoms with van der Waals surface area (Å²) >= 11 is 0. The summed E-state index contributed by atoms with van der Waals surface area (Å²) < 4.78 is 5.44. The van der Waals surface area contributed by atoms with Crippen LogP contribution in [0, 0.1) is 5.92 Å². The first-order valence-electron chi connectivity index (χ1n) is 11.7. The molecule has 1 N–H and O–H groups in total. The second-order valence-corrected chi connectivity index (χ2v) is 9.51. The first-order chi connectivity index (χ1) is 14.7. The Kier molecular flexibility index (Phi) is 5.44. The highest BCUT2D eigenvalue weighted by atomic mass is 16.5. The lowest BCUT2D eigenvalue weighted by molar-refractivity contribution is 0.184. The van der Waals surface area contributed by atoms with Gasteiger partial charge in [0.05, 0.1) is 18.8 Å². The lowest BCUT2D eigenvalue weighted by atomic mass is 9.84. The number of aliphatic imine (C=N–C) groups is 1. The molecule has 0 aromatic heterocycles. The standard InChI is InChI=1S/C24H34N4O2/c1-30-21-9-5-8-20(16-21)28-23(29)26-22(25-19-6-3-2-4-7-19)24(28)12-14-27(15-13-24)17-18-10-11-18/h5,8-9,16,18-19H,2-4,6-7,10-15,17H2,1H3,(H,25,26,29). The van der Waals surface area contributed by atoms with E-state index in [-0.39, 0.29) is 11.6 Å². The predicted molar refractivity (Wildman–Crippen MR) is 119 cm³/mol. The number of nitrogens with zero attached hydrogens (tertiary/aromatic N) is 3. The molecule has 6 heteroatoms. The average Bonchev–Trinajstić information content (AvgIpc) is 3.55. The van der Waals surface area contributed by atoms with Crippen LogP contribution in [0.2, 0.25) is 0 Å². The number of urea groups is 1. The van der Waals surface area contributed by atoms with Crippen molar-refractivity contribution in [2.45, 2.75) is 69.4 Å². The smallest absolute Gasteiger partial charge is 0.328 e. The van der Waals surface area contributed by atoms with Crippen molar-refractivity contribution in [1.29, 1.82) is 0 Å². The van der Waals surface area contributed by atoms with Crippen molar-refractivity contribution in [3.05, 3.63) is 24.3 Å². The topological polar surface area (TPSA) is 57.2 Å². The Bertz CT molecular complexity index is 805. The van der Waals surface area contributed by atoms with Gasteiger partial charge in [-0.1, -0.05) is 25.3 Å². The van der Waals surface area contributed by atoms with Crippen molar-refractivity contribution >= 4 is 17.6 Å². The Hall–Kier alpha value is -2.08. The van der Waals surface area contributed by atoms with E-state index < -0.39 is 0 Å². The number of nitrogens with one attached hydrogen (secondary N) is 1. The third kappa shape index (κ3) is 3.82. The van der Waals surface area contributed by atoms with Crippen molar-refractivity contribution in [1.82, 2.24) is 10.2 Å². The van der Waals surface area contributed by atoms with Gasteiger partial charge in [-0.15, -0.1) is 0 Å². The van der Waals surface area contributed by atoms with E-state index in [1.54, 1.807) is 7.11 Å². The van der Waals surface area contributed by atoms with Gasteiger partial charge in [0.1, 0.15) is 17.1 Å². The average molecular weight is 411 g/mol. The van der Waals surface area contributed by atoms with Crippen LogP contribution in [-0.2, 0) is 0 Å². The molecule has 2 saturated heterocycles. The molecule has 2 saturated carbocycles. The summed E-state index contributed by atoms with van der Waals surface area (Å²) in [6, 6.07) is 8.19.